The number of benzene rings is 2. The lowest BCUT2D eigenvalue weighted by atomic mass is 10.2. The molecule has 112 valence electrons. The summed E-state index contributed by atoms with van der Waals surface area (Å²) in [5.41, 5.74) is 2.62. The minimum atomic E-state index is -0.459. The maximum atomic E-state index is 12.2. The van der Waals surface area contributed by atoms with E-state index in [1.165, 1.54) is 0 Å². The van der Waals surface area contributed by atoms with Crippen molar-refractivity contribution in [2.24, 2.45) is 0 Å². The molecule has 2 rings (SSSR count). The Bertz CT molecular complexity index is 707. The van der Waals surface area contributed by atoms with Gasteiger partial charge in [0.2, 0.25) is 5.91 Å². The highest BCUT2D eigenvalue weighted by atomic mass is 16.3. The molecular formula is C17H17N3O2. The number of amides is 1. The monoisotopic (exact) mass is 295 g/mol. The van der Waals surface area contributed by atoms with E-state index in [0.29, 0.717) is 11.3 Å². The zero-order chi connectivity index (χ0) is 15.9. The summed E-state index contributed by atoms with van der Waals surface area (Å²) < 4.78 is 0. The molecule has 0 saturated carbocycles. The van der Waals surface area contributed by atoms with Gasteiger partial charge >= 0.3 is 0 Å². The van der Waals surface area contributed by atoms with Crippen LogP contribution in [0.4, 0.5) is 11.4 Å². The molecule has 5 nitrogen and oxygen atoms in total. The molecule has 0 aliphatic carbocycles. The topological polar surface area (TPSA) is 85.2 Å². The molecule has 22 heavy (non-hydrogen) atoms. The number of aliphatic hydroxyl groups is 1. The zero-order valence-electron chi connectivity index (χ0n) is 12.2. The van der Waals surface area contributed by atoms with Crippen LogP contribution in [0.25, 0.3) is 0 Å². The predicted molar refractivity (Wildman–Crippen MR) is 85.2 cm³/mol. The van der Waals surface area contributed by atoms with Crippen molar-refractivity contribution < 1.29 is 9.90 Å². The van der Waals surface area contributed by atoms with Crippen LogP contribution in [-0.2, 0) is 11.4 Å². The Hall–Kier alpha value is -2.84. The number of carbonyl (C=O) groups is 1. The standard InChI is InChI=1S/C17H17N3O2/c1-12(19-15-6-3-5-14(9-15)11-21)17(22)20-16-7-2-4-13(8-16)10-18/h2-9,12,19,21H,11H2,1H3,(H,20,22). The number of anilines is 2. The largest absolute Gasteiger partial charge is 0.392 e. The van der Waals surface area contributed by atoms with Crippen LogP contribution >= 0.6 is 0 Å². The summed E-state index contributed by atoms with van der Waals surface area (Å²) in [5.74, 6) is -0.204. The molecule has 0 aromatic heterocycles. The molecule has 1 atom stereocenters. The molecule has 0 aliphatic rings. The summed E-state index contributed by atoms with van der Waals surface area (Å²) in [6.45, 7) is 1.70. The molecule has 0 saturated heterocycles. The fourth-order valence-electron chi connectivity index (χ4n) is 1.99. The van der Waals surface area contributed by atoms with E-state index in [4.69, 9.17) is 10.4 Å². The van der Waals surface area contributed by atoms with Gasteiger partial charge in [0.1, 0.15) is 6.04 Å². The lowest BCUT2D eigenvalue weighted by Gasteiger charge is -2.16. The normalized spacial score (nSPS) is 11.3. The molecule has 0 aliphatic heterocycles. The highest BCUT2D eigenvalue weighted by molar-refractivity contribution is 5.96. The van der Waals surface area contributed by atoms with Crippen LogP contribution in [0.15, 0.2) is 48.5 Å². The van der Waals surface area contributed by atoms with Crippen LogP contribution in [-0.4, -0.2) is 17.1 Å². The third kappa shape index (κ3) is 4.08. The van der Waals surface area contributed by atoms with Gasteiger partial charge in [-0.25, -0.2) is 0 Å². The van der Waals surface area contributed by atoms with Crippen molar-refractivity contribution in [3.8, 4) is 6.07 Å². The van der Waals surface area contributed by atoms with Crippen LogP contribution in [0.2, 0.25) is 0 Å². The molecule has 0 fully saturated rings. The first-order valence-corrected chi connectivity index (χ1v) is 6.89. The number of nitrogens with zero attached hydrogens (tertiary/aromatic N) is 1. The summed E-state index contributed by atoms with van der Waals surface area (Å²) in [7, 11) is 0. The second-order valence-corrected chi connectivity index (χ2v) is 4.91. The molecule has 1 unspecified atom stereocenters. The van der Waals surface area contributed by atoms with E-state index >= 15 is 0 Å². The second-order valence-electron chi connectivity index (χ2n) is 4.91. The second kappa shape index (κ2) is 7.25. The van der Waals surface area contributed by atoms with Crippen molar-refractivity contribution in [3.05, 3.63) is 59.7 Å². The molecule has 0 bridgehead atoms. The van der Waals surface area contributed by atoms with E-state index in [-0.39, 0.29) is 12.5 Å². The minimum Gasteiger partial charge on any atom is -0.392 e. The summed E-state index contributed by atoms with van der Waals surface area (Å²) >= 11 is 0. The van der Waals surface area contributed by atoms with Gasteiger partial charge in [-0.2, -0.15) is 5.26 Å². The third-order valence-electron chi connectivity index (χ3n) is 3.15. The highest BCUT2D eigenvalue weighted by Gasteiger charge is 2.13. The number of hydrogen-bond acceptors (Lipinski definition) is 4. The molecule has 2 aromatic carbocycles. The first-order valence-electron chi connectivity index (χ1n) is 6.89. The molecule has 0 radical (unpaired) electrons. The van der Waals surface area contributed by atoms with Crippen LogP contribution in [0, 0.1) is 11.3 Å². The summed E-state index contributed by atoms with van der Waals surface area (Å²) in [4.78, 5) is 12.2. The Morgan fingerprint density at radius 2 is 1.95 bits per heavy atom. The van der Waals surface area contributed by atoms with Gasteiger partial charge in [0.05, 0.1) is 18.2 Å². The van der Waals surface area contributed by atoms with Crippen LogP contribution < -0.4 is 10.6 Å². The summed E-state index contributed by atoms with van der Waals surface area (Å²) in [5, 5.41) is 23.8. The summed E-state index contributed by atoms with van der Waals surface area (Å²) in [6.07, 6.45) is 0. The van der Waals surface area contributed by atoms with Crippen LogP contribution in [0.5, 0.6) is 0 Å². The Labute approximate surface area is 129 Å². The number of aliphatic hydroxyl groups excluding tert-OH is 1. The van der Waals surface area contributed by atoms with E-state index in [1.54, 1.807) is 37.3 Å². The van der Waals surface area contributed by atoms with Crippen LogP contribution in [0.1, 0.15) is 18.1 Å². The summed E-state index contributed by atoms with van der Waals surface area (Å²) in [6, 6.07) is 15.6. The number of carbonyl (C=O) groups excluding carboxylic acids is 1. The SMILES string of the molecule is CC(Nc1cccc(CO)c1)C(=O)Nc1cccc(C#N)c1. The molecule has 2 aromatic rings. The quantitative estimate of drug-likeness (QED) is 0.791. The van der Waals surface area contributed by atoms with Gasteiger partial charge < -0.3 is 15.7 Å². The molecular weight excluding hydrogens is 278 g/mol. The number of hydrogen-bond donors (Lipinski definition) is 3. The van der Waals surface area contributed by atoms with Crippen molar-refractivity contribution in [3.63, 3.8) is 0 Å². The average Bonchev–Trinajstić information content (AvgIpc) is 2.55. The Kier molecular flexibility index (Phi) is 5.12. The van der Waals surface area contributed by atoms with Crippen molar-refractivity contribution in [1.82, 2.24) is 0 Å². The van der Waals surface area contributed by atoms with Gasteiger partial charge in [-0.15, -0.1) is 0 Å². The zero-order valence-corrected chi connectivity index (χ0v) is 12.2. The maximum absolute atomic E-state index is 12.2. The first-order chi connectivity index (χ1) is 10.6. The van der Waals surface area contributed by atoms with Gasteiger partial charge in [-0.05, 0) is 42.8 Å². The molecule has 3 N–H and O–H groups in total. The molecule has 1 amide bonds. The van der Waals surface area contributed by atoms with E-state index in [0.717, 1.165) is 11.3 Å². The van der Waals surface area contributed by atoms with Crippen molar-refractivity contribution in [2.45, 2.75) is 19.6 Å². The lowest BCUT2D eigenvalue weighted by molar-refractivity contribution is -0.116. The van der Waals surface area contributed by atoms with Gasteiger partial charge in [0, 0.05) is 11.4 Å². The van der Waals surface area contributed by atoms with Crippen LogP contribution in [0.3, 0.4) is 0 Å². The molecule has 5 heteroatoms. The number of rotatable bonds is 5. The van der Waals surface area contributed by atoms with Gasteiger partial charge in [-0.3, -0.25) is 4.79 Å². The maximum Gasteiger partial charge on any atom is 0.246 e. The Morgan fingerprint density at radius 1 is 1.23 bits per heavy atom. The van der Waals surface area contributed by atoms with E-state index in [1.807, 2.05) is 24.3 Å². The number of nitriles is 1. The van der Waals surface area contributed by atoms with Gasteiger partial charge in [0.25, 0.3) is 0 Å². The fourth-order valence-corrected chi connectivity index (χ4v) is 1.99. The van der Waals surface area contributed by atoms with Gasteiger partial charge in [-0.1, -0.05) is 18.2 Å². The average molecular weight is 295 g/mol. The van der Waals surface area contributed by atoms with E-state index in [9.17, 15) is 4.79 Å². The predicted octanol–water partition coefficient (Wildman–Crippen LogP) is 2.49. The Morgan fingerprint density at radius 3 is 2.68 bits per heavy atom. The van der Waals surface area contributed by atoms with E-state index < -0.39 is 6.04 Å². The van der Waals surface area contributed by atoms with Crippen molar-refractivity contribution in [2.75, 3.05) is 10.6 Å². The van der Waals surface area contributed by atoms with E-state index in [2.05, 4.69) is 10.6 Å². The number of nitrogens with one attached hydrogen (secondary N) is 2. The highest BCUT2D eigenvalue weighted by Crippen LogP contribution is 2.14. The van der Waals surface area contributed by atoms with Crippen molar-refractivity contribution >= 4 is 17.3 Å². The Balaban J connectivity index is 2.01. The third-order valence-corrected chi connectivity index (χ3v) is 3.15. The first kappa shape index (κ1) is 15.5. The fraction of sp³-hybridized carbons (Fsp3) is 0.176. The smallest absolute Gasteiger partial charge is 0.246 e. The molecule has 0 heterocycles. The minimum absolute atomic E-state index is 0.0446. The lowest BCUT2D eigenvalue weighted by Crippen LogP contribution is -2.31. The van der Waals surface area contributed by atoms with Gasteiger partial charge in [0.15, 0.2) is 0 Å². The van der Waals surface area contributed by atoms with Crippen molar-refractivity contribution in [1.29, 1.82) is 5.26 Å². The molecule has 0 spiro atoms.